The molecular weight excluding hydrogens is 430 g/mol. The van der Waals surface area contributed by atoms with Gasteiger partial charge in [0.1, 0.15) is 6.04 Å². The van der Waals surface area contributed by atoms with Crippen LogP contribution in [0.2, 0.25) is 0 Å². The number of urea groups is 1. The lowest BCUT2D eigenvalue weighted by atomic mass is 10.1. The maximum absolute atomic E-state index is 13.0. The summed E-state index contributed by atoms with van der Waals surface area (Å²) >= 11 is 0. The van der Waals surface area contributed by atoms with Gasteiger partial charge in [0.2, 0.25) is 10.0 Å². The summed E-state index contributed by atoms with van der Waals surface area (Å²) < 4.78 is 36.6. The van der Waals surface area contributed by atoms with Gasteiger partial charge in [-0.2, -0.15) is 4.31 Å². The first-order chi connectivity index (χ1) is 14.6. The first-order valence-electron chi connectivity index (χ1n) is 9.56. The van der Waals surface area contributed by atoms with Crippen LogP contribution in [0.5, 0.6) is 0 Å². The quantitative estimate of drug-likeness (QED) is 0.347. The molecule has 2 atom stereocenters. The van der Waals surface area contributed by atoms with Gasteiger partial charge in [0.25, 0.3) is 5.91 Å². The highest BCUT2D eigenvalue weighted by atomic mass is 32.2. The minimum atomic E-state index is -4.08. The number of aliphatic hydroxyl groups excluding tert-OH is 1. The highest BCUT2D eigenvalue weighted by molar-refractivity contribution is 7.89. The predicted octanol–water partition coefficient (Wildman–Crippen LogP) is -0.557. The first-order valence-corrected chi connectivity index (χ1v) is 11.0. The van der Waals surface area contributed by atoms with Crippen molar-refractivity contribution in [3.8, 4) is 0 Å². The number of nitrogens with one attached hydrogen (secondary N) is 2. The fraction of sp³-hybridized carbons (Fsp3) is 0.526. The van der Waals surface area contributed by atoms with Gasteiger partial charge in [0.15, 0.2) is 6.61 Å². The minimum absolute atomic E-state index is 0.00651. The van der Waals surface area contributed by atoms with Crippen molar-refractivity contribution in [3.63, 3.8) is 0 Å². The fourth-order valence-corrected chi connectivity index (χ4v) is 4.69. The van der Waals surface area contributed by atoms with Crippen LogP contribution in [0.15, 0.2) is 23.1 Å². The molecule has 0 spiro atoms. The molecule has 0 bridgehead atoms. The Kier molecular flexibility index (Phi) is 8.51. The largest absolute Gasteiger partial charge is 0.454 e. The number of aliphatic hydroxyl groups is 1. The number of amides is 3. The molecule has 1 aromatic carbocycles. The summed E-state index contributed by atoms with van der Waals surface area (Å²) in [7, 11) is -2.63. The number of esters is 1. The van der Waals surface area contributed by atoms with Crippen molar-refractivity contribution in [1.82, 2.24) is 14.9 Å². The molecule has 0 aliphatic carbocycles. The molecule has 11 nitrogen and oxygen atoms in total. The highest BCUT2D eigenvalue weighted by Gasteiger charge is 2.44. The lowest BCUT2D eigenvalue weighted by Crippen LogP contribution is -2.44. The van der Waals surface area contributed by atoms with Crippen LogP contribution >= 0.6 is 0 Å². The van der Waals surface area contributed by atoms with Crippen molar-refractivity contribution >= 4 is 27.9 Å². The van der Waals surface area contributed by atoms with Crippen LogP contribution in [0.1, 0.15) is 17.5 Å². The number of carbonyl (C=O) groups excluding carboxylic acids is 3. The van der Waals surface area contributed by atoms with Crippen LogP contribution in [-0.2, 0) is 29.1 Å². The maximum atomic E-state index is 13.0. The van der Waals surface area contributed by atoms with Crippen LogP contribution < -0.4 is 10.6 Å². The van der Waals surface area contributed by atoms with Gasteiger partial charge in [0, 0.05) is 26.6 Å². The van der Waals surface area contributed by atoms with Crippen LogP contribution in [0.25, 0.3) is 0 Å². The summed E-state index contributed by atoms with van der Waals surface area (Å²) in [4.78, 5) is 35.7. The summed E-state index contributed by atoms with van der Waals surface area (Å²) in [5, 5.41) is 14.3. The summed E-state index contributed by atoms with van der Waals surface area (Å²) in [5.74, 6) is -1.87. The molecule has 12 heteroatoms. The van der Waals surface area contributed by atoms with Crippen molar-refractivity contribution in [2.24, 2.45) is 0 Å². The average Bonchev–Trinajstić information content (AvgIpc) is 3.11. The third-order valence-electron chi connectivity index (χ3n) is 4.78. The Morgan fingerprint density at radius 3 is 2.58 bits per heavy atom. The van der Waals surface area contributed by atoms with Crippen LogP contribution in [0.4, 0.5) is 4.79 Å². The number of nitrogens with zero attached hydrogens (tertiary/aromatic N) is 1. The van der Waals surface area contributed by atoms with E-state index < -0.39 is 46.7 Å². The van der Waals surface area contributed by atoms with Crippen LogP contribution in [0, 0.1) is 13.8 Å². The van der Waals surface area contributed by atoms with Gasteiger partial charge in [-0.15, -0.1) is 0 Å². The normalized spacial score (nSPS) is 19.1. The van der Waals surface area contributed by atoms with Gasteiger partial charge < -0.3 is 19.9 Å². The lowest BCUT2D eigenvalue weighted by molar-refractivity contribution is -0.151. The molecule has 172 valence electrons. The molecule has 1 heterocycles. The number of rotatable bonds is 8. The Hall–Kier alpha value is -2.54. The Morgan fingerprint density at radius 1 is 1.23 bits per heavy atom. The standard InChI is InChI=1S/C19H27N3O8S/c1-12-4-5-15(8-13(12)2)31(27,28)22-10-14(23)9-16(22)18(25)30-11-17(24)21-19(26)20-6-7-29-3/h4-5,8,14,16,23H,6-7,9-11H2,1-3H3,(H2,20,21,24,26). The molecule has 3 N–H and O–H groups in total. The Bertz CT molecular complexity index is 934. The number of sulfonamides is 1. The zero-order valence-electron chi connectivity index (χ0n) is 17.6. The SMILES string of the molecule is COCCNC(=O)NC(=O)COC(=O)C1CC(O)CN1S(=O)(=O)c1ccc(C)c(C)c1. The monoisotopic (exact) mass is 457 g/mol. The second kappa shape index (κ2) is 10.7. The first kappa shape index (κ1) is 24.7. The van der Waals surface area contributed by atoms with E-state index in [-0.39, 0.29) is 31.0 Å². The van der Waals surface area contributed by atoms with Gasteiger partial charge in [-0.3, -0.25) is 14.9 Å². The average molecular weight is 458 g/mol. The molecule has 3 amide bonds. The topological polar surface area (TPSA) is 151 Å². The molecule has 1 saturated heterocycles. The predicted molar refractivity (Wildman–Crippen MR) is 109 cm³/mol. The van der Waals surface area contributed by atoms with Gasteiger partial charge in [-0.25, -0.2) is 13.2 Å². The van der Waals surface area contributed by atoms with E-state index in [1.54, 1.807) is 13.0 Å². The van der Waals surface area contributed by atoms with Crippen molar-refractivity contribution in [2.75, 3.05) is 33.4 Å². The summed E-state index contributed by atoms with van der Waals surface area (Å²) in [5.41, 5.74) is 1.68. The number of hydrogen-bond donors (Lipinski definition) is 3. The third kappa shape index (κ3) is 6.47. The summed E-state index contributed by atoms with van der Waals surface area (Å²) in [6.07, 6.45) is -1.22. The molecule has 1 aliphatic heterocycles. The Balaban J connectivity index is 2.01. The summed E-state index contributed by atoms with van der Waals surface area (Å²) in [6.45, 7) is 2.99. The smallest absolute Gasteiger partial charge is 0.325 e. The second-order valence-corrected chi connectivity index (χ2v) is 9.02. The van der Waals surface area contributed by atoms with E-state index in [0.29, 0.717) is 0 Å². The van der Waals surface area contributed by atoms with E-state index in [2.05, 4.69) is 5.32 Å². The van der Waals surface area contributed by atoms with Crippen LogP contribution in [-0.4, -0.2) is 81.3 Å². The molecule has 1 fully saturated rings. The third-order valence-corrected chi connectivity index (χ3v) is 6.65. The zero-order valence-corrected chi connectivity index (χ0v) is 18.4. The van der Waals surface area contributed by atoms with Crippen molar-refractivity contribution in [3.05, 3.63) is 29.3 Å². The number of β-amino-alcohol motifs (C(OH)–C–C–N with tert-alkyl or cyclic N) is 1. The van der Waals surface area contributed by atoms with Gasteiger partial charge in [0.05, 0.1) is 17.6 Å². The number of carbonyl (C=O) groups is 3. The van der Waals surface area contributed by atoms with Gasteiger partial charge >= 0.3 is 12.0 Å². The second-order valence-electron chi connectivity index (χ2n) is 7.13. The lowest BCUT2D eigenvalue weighted by Gasteiger charge is -2.22. The van der Waals surface area contributed by atoms with Gasteiger partial charge in [-0.1, -0.05) is 6.07 Å². The molecule has 1 aliphatic rings. The van der Waals surface area contributed by atoms with Crippen molar-refractivity contribution in [1.29, 1.82) is 0 Å². The number of ether oxygens (including phenoxy) is 2. The highest BCUT2D eigenvalue weighted by Crippen LogP contribution is 2.28. The number of hydrogen-bond acceptors (Lipinski definition) is 8. The van der Waals surface area contributed by atoms with E-state index in [0.717, 1.165) is 15.4 Å². The minimum Gasteiger partial charge on any atom is -0.454 e. The molecule has 2 rings (SSSR count). The molecule has 31 heavy (non-hydrogen) atoms. The maximum Gasteiger partial charge on any atom is 0.325 e. The molecular formula is C19H27N3O8S. The number of imide groups is 1. The molecule has 2 unspecified atom stereocenters. The Morgan fingerprint density at radius 2 is 1.94 bits per heavy atom. The van der Waals surface area contributed by atoms with Crippen LogP contribution in [0.3, 0.4) is 0 Å². The van der Waals surface area contributed by atoms with E-state index in [9.17, 15) is 27.9 Å². The van der Waals surface area contributed by atoms with Crippen molar-refractivity contribution in [2.45, 2.75) is 37.3 Å². The fourth-order valence-electron chi connectivity index (χ4n) is 2.98. The zero-order chi connectivity index (χ0) is 23.2. The Labute approximate surface area is 180 Å². The van der Waals surface area contributed by atoms with Gasteiger partial charge in [-0.05, 0) is 37.1 Å². The summed E-state index contributed by atoms with van der Waals surface area (Å²) in [6, 6.07) is 2.51. The number of methoxy groups -OCH3 is 1. The molecule has 0 saturated carbocycles. The molecule has 0 radical (unpaired) electrons. The van der Waals surface area contributed by atoms with Crippen molar-refractivity contribution < 1.29 is 37.4 Å². The van der Waals surface area contributed by atoms with E-state index in [1.165, 1.54) is 19.2 Å². The van der Waals surface area contributed by atoms with E-state index in [4.69, 9.17) is 9.47 Å². The van der Waals surface area contributed by atoms with E-state index in [1.807, 2.05) is 12.2 Å². The number of aryl methyl sites for hydroxylation is 2. The van der Waals surface area contributed by atoms with E-state index >= 15 is 0 Å². The number of benzene rings is 1. The molecule has 1 aromatic rings. The molecule has 0 aromatic heterocycles.